The van der Waals surface area contributed by atoms with Crippen molar-refractivity contribution in [2.24, 2.45) is 22.1 Å². The summed E-state index contributed by atoms with van der Waals surface area (Å²) in [6.07, 6.45) is -6.47. The largest absolute Gasteiger partial charge is 0.444 e. The number of hydrogen-bond acceptors (Lipinski definition) is 7. The molecule has 0 aliphatic carbocycles. The Morgan fingerprint density at radius 2 is 1.61 bits per heavy atom. The Balaban J connectivity index is 2.31. The quantitative estimate of drug-likeness (QED) is 0.0671. The van der Waals surface area contributed by atoms with Crippen molar-refractivity contribution in [1.82, 2.24) is 10.6 Å². The number of hydrogen-bond donors (Lipinski definition) is 4. The van der Waals surface area contributed by atoms with Crippen LogP contribution in [-0.2, 0) is 22.5 Å². The van der Waals surface area contributed by atoms with Gasteiger partial charge >= 0.3 is 18.8 Å². The number of ether oxygens (including phenoxy) is 1. The second kappa shape index (κ2) is 17.6. The number of aliphatic imine (C=N–C) groups is 1. The third-order valence-electron chi connectivity index (χ3n) is 7.44. The Bertz CT molecular complexity index is 1470. The summed E-state index contributed by atoms with van der Waals surface area (Å²) in [5, 5.41) is 16.0. The van der Waals surface area contributed by atoms with E-state index in [2.05, 4.69) is 38.2 Å². The summed E-state index contributed by atoms with van der Waals surface area (Å²) >= 11 is 2.07. The number of halogens is 8. The highest BCUT2D eigenvalue weighted by molar-refractivity contribution is 14.1. The van der Waals surface area contributed by atoms with Crippen molar-refractivity contribution in [1.29, 1.82) is 0 Å². The van der Waals surface area contributed by atoms with Gasteiger partial charge in [0, 0.05) is 46.1 Å². The molecule has 0 unspecified atom stereocenters. The first kappa shape index (κ1) is 41.9. The second-order valence-corrected chi connectivity index (χ2v) is 14.1. The van der Waals surface area contributed by atoms with E-state index >= 15 is 0 Å². The van der Waals surface area contributed by atoms with Gasteiger partial charge in [-0.25, -0.2) is 18.6 Å². The van der Waals surface area contributed by atoms with Crippen LogP contribution in [0.2, 0.25) is 0 Å². The Morgan fingerprint density at radius 3 is 2.12 bits per heavy atom. The van der Waals surface area contributed by atoms with Gasteiger partial charge in [0.15, 0.2) is 5.78 Å². The third-order valence-corrected chi connectivity index (χ3v) is 8.16. The van der Waals surface area contributed by atoms with E-state index in [1.165, 1.54) is 20.8 Å². The van der Waals surface area contributed by atoms with Crippen molar-refractivity contribution >= 4 is 46.4 Å². The molecule has 49 heavy (non-hydrogen) atoms. The van der Waals surface area contributed by atoms with E-state index in [4.69, 9.17) is 10.5 Å². The Hall–Kier alpha value is -3.25. The lowest BCUT2D eigenvalue weighted by atomic mass is 9.77. The van der Waals surface area contributed by atoms with E-state index in [1.807, 2.05) is 0 Å². The van der Waals surface area contributed by atoms with E-state index in [-0.39, 0.29) is 24.2 Å². The predicted molar refractivity (Wildman–Crippen MR) is 180 cm³/mol. The summed E-state index contributed by atoms with van der Waals surface area (Å²) < 4.78 is 103. The summed E-state index contributed by atoms with van der Waals surface area (Å²) in [6, 6.07) is 6.67. The van der Waals surface area contributed by atoms with Crippen molar-refractivity contribution in [2.45, 2.75) is 84.5 Å². The van der Waals surface area contributed by atoms with Crippen LogP contribution in [0.15, 0.2) is 47.5 Å². The molecule has 0 heterocycles. The fourth-order valence-electron chi connectivity index (χ4n) is 4.63. The molecule has 2 aromatic carbocycles. The van der Waals surface area contributed by atoms with Gasteiger partial charge in [0.25, 0.3) is 0 Å². The molecule has 8 nitrogen and oxygen atoms in total. The number of benzene rings is 2. The monoisotopic (exact) mass is 816 g/mol. The lowest BCUT2D eigenvalue weighted by Gasteiger charge is -2.37. The zero-order valence-corrected chi connectivity index (χ0v) is 29.6. The highest BCUT2D eigenvalue weighted by Crippen LogP contribution is 2.41. The zero-order valence-electron chi connectivity index (χ0n) is 27.5. The van der Waals surface area contributed by atoms with Crippen LogP contribution in [0, 0.1) is 26.5 Å². The molecule has 2 rings (SSSR count). The molecule has 16 heteroatoms. The number of carbonyl (C=O) groups is 2. The minimum atomic E-state index is -4.92. The standard InChI is InChI=1S/C33H40F7IN4O4/c1-31(2,3)49-30(48)45-28(32(4,5)33(38,39)40)26(46)15-20(12-18-6-8-21(41)9-7-18)27(47)17-43-16-22-23(34)13-19(14-24(22)35)25(42)10-11-44-29(36)37/h6-11,13-14,20,27-29,43,47H,12,15-17,42H2,1-5H3,(H,45,48)/t20-,27+,28-/m1/s1. The molecule has 0 saturated heterocycles. The van der Waals surface area contributed by atoms with Crippen LogP contribution in [0.25, 0.3) is 5.70 Å². The van der Waals surface area contributed by atoms with Gasteiger partial charge in [0.2, 0.25) is 0 Å². The number of nitrogens with two attached hydrogens (primary N) is 1. The Kier molecular flexibility index (Phi) is 15.1. The second-order valence-electron chi connectivity index (χ2n) is 12.9. The van der Waals surface area contributed by atoms with E-state index in [9.17, 15) is 45.4 Å². The van der Waals surface area contributed by atoms with Crippen LogP contribution in [0.1, 0.15) is 57.7 Å². The van der Waals surface area contributed by atoms with Crippen molar-refractivity contribution in [2.75, 3.05) is 6.54 Å². The molecule has 0 aromatic heterocycles. The molecular formula is C33H40F7IN4O4. The summed E-state index contributed by atoms with van der Waals surface area (Å²) in [5.74, 6) is -4.08. The molecule has 3 atom stereocenters. The number of carbonyl (C=O) groups excluding carboxylic acids is 2. The molecule has 0 fully saturated rings. The van der Waals surface area contributed by atoms with Crippen LogP contribution in [0.3, 0.4) is 0 Å². The van der Waals surface area contributed by atoms with Gasteiger partial charge in [0.1, 0.15) is 23.3 Å². The van der Waals surface area contributed by atoms with Gasteiger partial charge < -0.3 is 26.2 Å². The normalized spacial score (nSPS) is 15.0. The minimum absolute atomic E-state index is 0.0367. The molecule has 1 amide bonds. The summed E-state index contributed by atoms with van der Waals surface area (Å²) in [5.41, 5.74) is 1.76. The fraction of sp³-hybridized carbons (Fsp3) is 0.485. The first-order valence-corrected chi connectivity index (χ1v) is 16.1. The van der Waals surface area contributed by atoms with Crippen molar-refractivity contribution in [3.8, 4) is 0 Å². The molecule has 5 N–H and O–H groups in total. The van der Waals surface area contributed by atoms with E-state index in [1.54, 1.807) is 24.3 Å². The van der Waals surface area contributed by atoms with Crippen molar-refractivity contribution < 1.29 is 50.2 Å². The SMILES string of the molecule is CC(C)(C)OC(=O)N[C@H](C(=O)C[C@@H](Cc1ccc(I)cc1)[C@@H](O)CNCc1c(F)cc(C(N)=CC=NC(F)F)cc1F)C(C)(C)C(F)(F)F. The van der Waals surface area contributed by atoms with E-state index in [0.29, 0.717) is 11.8 Å². The van der Waals surface area contributed by atoms with Crippen molar-refractivity contribution in [3.63, 3.8) is 0 Å². The lowest BCUT2D eigenvalue weighted by Crippen LogP contribution is -2.57. The average molecular weight is 817 g/mol. The maximum Gasteiger partial charge on any atom is 0.408 e. The smallest absolute Gasteiger partial charge is 0.408 e. The van der Waals surface area contributed by atoms with Gasteiger partial charge in [-0.15, -0.1) is 0 Å². The van der Waals surface area contributed by atoms with Gasteiger partial charge in [-0.05, 0) is 105 Å². The minimum Gasteiger partial charge on any atom is -0.444 e. The first-order valence-electron chi connectivity index (χ1n) is 15.0. The molecule has 0 radical (unpaired) electrons. The van der Waals surface area contributed by atoms with Gasteiger partial charge in [-0.2, -0.15) is 22.0 Å². The zero-order chi connectivity index (χ0) is 37.3. The number of nitrogens with one attached hydrogen (secondary N) is 2. The summed E-state index contributed by atoms with van der Waals surface area (Å²) in [4.78, 5) is 28.9. The highest BCUT2D eigenvalue weighted by atomic mass is 127. The van der Waals surface area contributed by atoms with Crippen LogP contribution >= 0.6 is 22.6 Å². The number of Topliss-reactive ketones (excluding diaryl/α,β-unsaturated/α-hetero) is 1. The van der Waals surface area contributed by atoms with Gasteiger partial charge in [-0.1, -0.05) is 12.1 Å². The van der Waals surface area contributed by atoms with Crippen molar-refractivity contribution in [3.05, 3.63) is 74.4 Å². The Morgan fingerprint density at radius 1 is 1.04 bits per heavy atom. The molecule has 0 aliphatic rings. The first-order chi connectivity index (χ1) is 22.5. The van der Waals surface area contributed by atoms with Crippen LogP contribution in [0.5, 0.6) is 0 Å². The van der Waals surface area contributed by atoms with Gasteiger partial charge in [-0.3, -0.25) is 4.79 Å². The number of alkyl carbamates (subject to hydrolysis) is 1. The maximum atomic E-state index is 14.8. The molecule has 272 valence electrons. The average Bonchev–Trinajstić information content (AvgIpc) is 2.95. The van der Waals surface area contributed by atoms with Gasteiger partial charge in [0.05, 0.1) is 11.5 Å². The topological polar surface area (TPSA) is 126 Å². The summed E-state index contributed by atoms with van der Waals surface area (Å²) in [6.45, 7) is 2.30. The van der Waals surface area contributed by atoms with Crippen LogP contribution < -0.4 is 16.4 Å². The molecule has 0 bridgehead atoms. The number of aliphatic hydroxyl groups excluding tert-OH is 1. The number of ketones is 1. The number of nitrogens with zero attached hydrogens (tertiary/aromatic N) is 1. The number of amides is 1. The highest BCUT2D eigenvalue weighted by Gasteiger charge is 2.55. The predicted octanol–water partition coefficient (Wildman–Crippen LogP) is 6.91. The number of rotatable bonds is 15. The Labute approximate surface area is 293 Å². The molecule has 0 aliphatic heterocycles. The van der Waals surface area contributed by atoms with E-state index < -0.39 is 83.8 Å². The molecule has 2 aromatic rings. The lowest BCUT2D eigenvalue weighted by molar-refractivity contribution is -0.220. The fourth-order valence-corrected chi connectivity index (χ4v) is 4.99. The number of aliphatic hydroxyl groups is 1. The number of allylic oxidation sites excluding steroid dienone is 1. The number of alkyl halides is 5. The van der Waals surface area contributed by atoms with E-state index in [0.717, 1.165) is 35.6 Å². The molecule has 0 spiro atoms. The maximum absolute atomic E-state index is 14.8. The third kappa shape index (κ3) is 13.2. The molecular weight excluding hydrogens is 776 g/mol. The molecule has 0 saturated carbocycles. The van der Waals surface area contributed by atoms with Crippen LogP contribution in [0.4, 0.5) is 35.5 Å². The summed E-state index contributed by atoms with van der Waals surface area (Å²) in [7, 11) is 0. The van der Waals surface area contributed by atoms with Crippen LogP contribution in [-0.4, -0.2) is 60.2 Å².